The lowest BCUT2D eigenvalue weighted by Gasteiger charge is -2.11. The molecular formula is C18H13BrFNO4. The van der Waals surface area contributed by atoms with Crippen molar-refractivity contribution >= 4 is 32.8 Å². The summed E-state index contributed by atoms with van der Waals surface area (Å²) in [5.74, 6) is -0.694. The van der Waals surface area contributed by atoms with Gasteiger partial charge in [0.25, 0.3) is 0 Å². The smallest absolute Gasteiger partial charge is 0.354 e. The van der Waals surface area contributed by atoms with Crippen LogP contribution in [0.2, 0.25) is 0 Å². The Balaban J connectivity index is 1.74. The van der Waals surface area contributed by atoms with Crippen LogP contribution >= 0.6 is 15.9 Å². The first-order valence-electron chi connectivity index (χ1n) is 7.38. The van der Waals surface area contributed by atoms with Gasteiger partial charge < -0.3 is 14.6 Å². The van der Waals surface area contributed by atoms with E-state index in [0.717, 1.165) is 4.47 Å². The van der Waals surface area contributed by atoms with Crippen molar-refractivity contribution in [2.75, 3.05) is 13.2 Å². The molecule has 0 spiro atoms. The zero-order chi connectivity index (χ0) is 17.8. The van der Waals surface area contributed by atoms with E-state index < -0.39 is 11.8 Å². The number of carboxylic acid groups (broad SMARTS) is 1. The summed E-state index contributed by atoms with van der Waals surface area (Å²) in [5.41, 5.74) is 0.188. The van der Waals surface area contributed by atoms with Gasteiger partial charge in [0, 0.05) is 15.9 Å². The minimum absolute atomic E-state index is 0.164. The summed E-state index contributed by atoms with van der Waals surface area (Å²) in [6, 6.07) is 12.5. The molecule has 0 bridgehead atoms. The second kappa shape index (κ2) is 7.48. The van der Waals surface area contributed by atoms with E-state index >= 15 is 0 Å². The number of hydrogen-bond acceptors (Lipinski definition) is 4. The molecule has 0 aliphatic carbocycles. The highest BCUT2D eigenvalue weighted by Gasteiger charge is 2.12. The van der Waals surface area contributed by atoms with Crippen LogP contribution in [0.5, 0.6) is 11.5 Å². The van der Waals surface area contributed by atoms with Crippen molar-refractivity contribution in [1.82, 2.24) is 4.98 Å². The number of fused-ring (bicyclic) bond motifs is 1. The van der Waals surface area contributed by atoms with Crippen molar-refractivity contribution in [2.45, 2.75) is 0 Å². The first kappa shape index (κ1) is 17.2. The van der Waals surface area contributed by atoms with E-state index in [1.807, 2.05) is 24.3 Å². The zero-order valence-corrected chi connectivity index (χ0v) is 14.5. The molecule has 1 aromatic heterocycles. The summed E-state index contributed by atoms with van der Waals surface area (Å²) in [4.78, 5) is 15.2. The monoisotopic (exact) mass is 405 g/mol. The lowest BCUT2D eigenvalue weighted by molar-refractivity contribution is 0.0690. The van der Waals surface area contributed by atoms with Gasteiger partial charge in [-0.2, -0.15) is 0 Å². The quantitative estimate of drug-likeness (QED) is 0.619. The molecular weight excluding hydrogens is 393 g/mol. The second-order valence-electron chi connectivity index (χ2n) is 5.12. The maximum atomic E-state index is 13.5. The van der Waals surface area contributed by atoms with Crippen LogP contribution in [-0.4, -0.2) is 29.3 Å². The lowest BCUT2D eigenvalue weighted by atomic mass is 10.1. The van der Waals surface area contributed by atoms with Crippen LogP contribution in [0.15, 0.2) is 53.0 Å². The number of aromatic carboxylic acids is 1. The molecule has 0 aliphatic rings. The van der Waals surface area contributed by atoms with Crippen molar-refractivity contribution in [3.63, 3.8) is 0 Å². The number of rotatable bonds is 6. The van der Waals surface area contributed by atoms with Gasteiger partial charge in [-0.3, -0.25) is 0 Å². The summed E-state index contributed by atoms with van der Waals surface area (Å²) in [5, 5.41) is 9.56. The molecule has 128 valence electrons. The van der Waals surface area contributed by atoms with E-state index in [0.29, 0.717) is 16.7 Å². The molecule has 0 amide bonds. The van der Waals surface area contributed by atoms with Crippen LogP contribution in [0.3, 0.4) is 0 Å². The third-order valence-electron chi connectivity index (χ3n) is 3.38. The molecule has 25 heavy (non-hydrogen) atoms. The first-order chi connectivity index (χ1) is 12.0. The molecule has 0 fully saturated rings. The van der Waals surface area contributed by atoms with Gasteiger partial charge in [0.1, 0.15) is 30.5 Å². The number of halogens is 2. The largest absolute Gasteiger partial charge is 0.490 e. The predicted octanol–water partition coefficient (Wildman–Crippen LogP) is 4.29. The molecule has 3 rings (SSSR count). The number of pyridine rings is 1. The van der Waals surface area contributed by atoms with E-state index in [1.165, 1.54) is 24.3 Å². The van der Waals surface area contributed by atoms with Crippen LogP contribution in [0, 0.1) is 5.82 Å². The fraction of sp³-hybridized carbons (Fsp3) is 0.111. The Morgan fingerprint density at radius 1 is 1.08 bits per heavy atom. The van der Waals surface area contributed by atoms with Crippen molar-refractivity contribution in [2.24, 2.45) is 0 Å². The number of hydrogen-bond donors (Lipinski definition) is 1. The van der Waals surface area contributed by atoms with Crippen molar-refractivity contribution in [3.8, 4) is 11.5 Å². The van der Waals surface area contributed by atoms with E-state index in [4.69, 9.17) is 14.6 Å². The Bertz CT molecular complexity index is 915. The average molecular weight is 406 g/mol. The number of ether oxygens (including phenoxy) is 2. The first-order valence-corrected chi connectivity index (χ1v) is 8.17. The second-order valence-corrected chi connectivity index (χ2v) is 6.04. The Kier molecular flexibility index (Phi) is 5.14. The van der Waals surface area contributed by atoms with Gasteiger partial charge in [0.15, 0.2) is 5.69 Å². The van der Waals surface area contributed by atoms with Crippen molar-refractivity contribution in [3.05, 3.63) is 64.5 Å². The molecule has 7 heteroatoms. The normalized spacial score (nSPS) is 10.6. The summed E-state index contributed by atoms with van der Waals surface area (Å²) in [7, 11) is 0. The van der Waals surface area contributed by atoms with E-state index in [2.05, 4.69) is 20.9 Å². The van der Waals surface area contributed by atoms with Crippen LogP contribution in [0.1, 0.15) is 10.5 Å². The van der Waals surface area contributed by atoms with E-state index in [1.54, 1.807) is 0 Å². The lowest BCUT2D eigenvalue weighted by Crippen LogP contribution is -2.10. The number of carbonyl (C=O) groups is 1. The third kappa shape index (κ3) is 4.24. The van der Waals surface area contributed by atoms with Crippen molar-refractivity contribution < 1.29 is 23.8 Å². The highest BCUT2D eigenvalue weighted by Crippen LogP contribution is 2.26. The predicted molar refractivity (Wildman–Crippen MR) is 93.8 cm³/mol. The summed E-state index contributed by atoms with van der Waals surface area (Å²) >= 11 is 3.34. The number of carboxylic acids is 1. The molecule has 2 aromatic carbocycles. The van der Waals surface area contributed by atoms with Gasteiger partial charge in [-0.1, -0.05) is 15.9 Å². The number of benzene rings is 2. The molecule has 0 saturated carbocycles. The molecule has 3 aromatic rings. The van der Waals surface area contributed by atoms with Gasteiger partial charge in [-0.05, 0) is 42.5 Å². The molecule has 5 nitrogen and oxygen atoms in total. The molecule has 0 radical (unpaired) electrons. The third-order valence-corrected chi connectivity index (χ3v) is 3.90. The SMILES string of the molecule is O=C(O)c1cc(OCCOc2ccc(Br)cc2)c2cc(F)ccc2n1. The molecule has 0 saturated heterocycles. The Morgan fingerprint density at radius 2 is 1.80 bits per heavy atom. The van der Waals surface area contributed by atoms with Gasteiger partial charge in [-0.15, -0.1) is 0 Å². The summed E-state index contributed by atoms with van der Waals surface area (Å²) < 4.78 is 25.6. The maximum absolute atomic E-state index is 13.5. The van der Waals surface area contributed by atoms with Crippen LogP contribution in [0.25, 0.3) is 10.9 Å². The highest BCUT2D eigenvalue weighted by atomic mass is 79.9. The Labute approximate surface area is 151 Å². The Morgan fingerprint density at radius 3 is 2.52 bits per heavy atom. The Hall–Kier alpha value is -2.67. The van der Waals surface area contributed by atoms with Crippen molar-refractivity contribution in [1.29, 1.82) is 0 Å². The van der Waals surface area contributed by atoms with Gasteiger partial charge >= 0.3 is 5.97 Å². The van der Waals surface area contributed by atoms with Crippen LogP contribution < -0.4 is 9.47 Å². The van der Waals surface area contributed by atoms with Gasteiger partial charge in [0.2, 0.25) is 0 Å². The van der Waals surface area contributed by atoms with Crippen LogP contribution in [-0.2, 0) is 0 Å². The molecule has 1 heterocycles. The average Bonchev–Trinajstić information content (AvgIpc) is 2.60. The maximum Gasteiger partial charge on any atom is 0.354 e. The topological polar surface area (TPSA) is 68.7 Å². The summed E-state index contributed by atoms with van der Waals surface area (Å²) in [6.07, 6.45) is 0. The summed E-state index contributed by atoms with van der Waals surface area (Å²) in [6.45, 7) is 0.425. The number of nitrogens with zero attached hydrogens (tertiary/aromatic N) is 1. The minimum atomic E-state index is -1.18. The molecule has 0 atom stereocenters. The molecule has 0 unspecified atom stereocenters. The number of aromatic nitrogens is 1. The standard InChI is InChI=1S/C18H13BrFNO4/c19-11-1-4-13(5-2-11)24-7-8-25-17-10-16(18(22)23)21-15-6-3-12(20)9-14(15)17/h1-6,9-10H,7-8H2,(H,22,23). The van der Waals surface area contributed by atoms with Gasteiger partial charge in [-0.25, -0.2) is 14.2 Å². The fourth-order valence-electron chi connectivity index (χ4n) is 2.24. The zero-order valence-electron chi connectivity index (χ0n) is 12.9. The molecule has 1 N–H and O–H groups in total. The van der Waals surface area contributed by atoms with E-state index in [9.17, 15) is 9.18 Å². The fourth-order valence-corrected chi connectivity index (χ4v) is 2.50. The van der Waals surface area contributed by atoms with Crippen LogP contribution in [0.4, 0.5) is 4.39 Å². The minimum Gasteiger partial charge on any atom is -0.490 e. The molecule has 0 aliphatic heterocycles. The van der Waals surface area contributed by atoms with E-state index in [-0.39, 0.29) is 24.7 Å². The highest BCUT2D eigenvalue weighted by molar-refractivity contribution is 9.10. The van der Waals surface area contributed by atoms with Gasteiger partial charge in [0.05, 0.1) is 5.52 Å².